The van der Waals surface area contributed by atoms with Gasteiger partial charge in [-0.3, -0.25) is 10.1 Å². The fourth-order valence-electron chi connectivity index (χ4n) is 2.12. The van der Waals surface area contributed by atoms with Gasteiger partial charge in [0.05, 0.1) is 6.04 Å². The largest absolute Gasteiger partial charge is 0.352 e. The Labute approximate surface area is 113 Å². The first kappa shape index (κ1) is 14.0. The average Bonchev–Trinajstić information content (AvgIpc) is 3.20. The molecule has 0 aliphatic heterocycles. The third kappa shape index (κ3) is 3.77. The maximum atomic E-state index is 13.8. The van der Waals surface area contributed by atoms with E-state index in [4.69, 9.17) is 0 Å². The molecule has 1 aliphatic rings. The number of nitrogens with one attached hydrogen (secondary N) is 2. The smallest absolute Gasteiger partial charge is 0.237 e. The van der Waals surface area contributed by atoms with Gasteiger partial charge in [-0.1, -0.05) is 25.1 Å². The number of carbonyl (C=O) groups is 1. The Balaban J connectivity index is 1.98. The number of amides is 1. The summed E-state index contributed by atoms with van der Waals surface area (Å²) in [5.41, 5.74) is 0.621. The van der Waals surface area contributed by atoms with Crippen molar-refractivity contribution >= 4 is 5.91 Å². The predicted molar refractivity (Wildman–Crippen MR) is 73.2 cm³/mol. The molecule has 0 heterocycles. The maximum absolute atomic E-state index is 13.8. The first-order chi connectivity index (χ1) is 9.11. The van der Waals surface area contributed by atoms with Gasteiger partial charge in [0.15, 0.2) is 0 Å². The zero-order valence-corrected chi connectivity index (χ0v) is 11.4. The molecule has 1 amide bonds. The summed E-state index contributed by atoms with van der Waals surface area (Å²) in [6.45, 7) is 3.80. The molecule has 1 aromatic carbocycles. The lowest BCUT2D eigenvalue weighted by molar-refractivity contribution is -0.123. The molecule has 1 aliphatic carbocycles. The molecule has 4 heteroatoms. The summed E-state index contributed by atoms with van der Waals surface area (Å²) in [5, 5.41) is 6.16. The summed E-state index contributed by atoms with van der Waals surface area (Å²) in [5.74, 6) is -0.228. The molecular weight excluding hydrogens is 243 g/mol. The van der Waals surface area contributed by atoms with Crippen LogP contribution in [0.1, 0.15) is 44.7 Å². The lowest BCUT2D eigenvalue weighted by Crippen LogP contribution is -2.44. The normalized spacial score (nSPS) is 17.8. The molecule has 2 unspecified atom stereocenters. The Morgan fingerprint density at radius 2 is 2.11 bits per heavy atom. The number of rotatable bonds is 6. The highest BCUT2D eigenvalue weighted by molar-refractivity contribution is 5.81. The van der Waals surface area contributed by atoms with Gasteiger partial charge in [0.25, 0.3) is 0 Å². The van der Waals surface area contributed by atoms with Gasteiger partial charge >= 0.3 is 0 Å². The van der Waals surface area contributed by atoms with Gasteiger partial charge in [-0.05, 0) is 32.3 Å². The van der Waals surface area contributed by atoms with E-state index in [9.17, 15) is 9.18 Å². The molecule has 2 rings (SSSR count). The van der Waals surface area contributed by atoms with Crippen LogP contribution in [0.3, 0.4) is 0 Å². The lowest BCUT2D eigenvalue weighted by atomic mass is 10.0. The van der Waals surface area contributed by atoms with E-state index in [1.54, 1.807) is 12.1 Å². The van der Waals surface area contributed by atoms with Crippen molar-refractivity contribution in [2.24, 2.45) is 0 Å². The van der Waals surface area contributed by atoms with Crippen LogP contribution >= 0.6 is 0 Å². The highest BCUT2D eigenvalue weighted by Crippen LogP contribution is 2.21. The Morgan fingerprint density at radius 1 is 1.42 bits per heavy atom. The third-order valence-corrected chi connectivity index (χ3v) is 3.46. The molecule has 1 fully saturated rings. The van der Waals surface area contributed by atoms with Crippen LogP contribution in [0.25, 0.3) is 0 Å². The minimum absolute atomic E-state index is 0.00251. The van der Waals surface area contributed by atoms with Crippen LogP contribution in [0.4, 0.5) is 4.39 Å². The Hall–Kier alpha value is -1.42. The summed E-state index contributed by atoms with van der Waals surface area (Å²) in [6.07, 6.45) is 2.88. The van der Waals surface area contributed by atoms with Crippen molar-refractivity contribution in [1.82, 2.24) is 10.6 Å². The highest BCUT2D eigenvalue weighted by Gasteiger charge is 2.26. The summed E-state index contributed by atoms with van der Waals surface area (Å²) >= 11 is 0. The molecule has 0 bridgehead atoms. The van der Waals surface area contributed by atoms with E-state index < -0.39 is 0 Å². The minimum Gasteiger partial charge on any atom is -0.352 e. The molecule has 1 aromatic rings. The van der Waals surface area contributed by atoms with Crippen molar-refractivity contribution in [2.75, 3.05) is 0 Å². The van der Waals surface area contributed by atoms with Crippen molar-refractivity contribution in [1.29, 1.82) is 0 Å². The van der Waals surface area contributed by atoms with Crippen LogP contribution in [0.2, 0.25) is 0 Å². The molecule has 0 saturated heterocycles. The average molecular weight is 264 g/mol. The van der Waals surface area contributed by atoms with Crippen LogP contribution in [-0.2, 0) is 4.79 Å². The third-order valence-electron chi connectivity index (χ3n) is 3.46. The van der Waals surface area contributed by atoms with Crippen molar-refractivity contribution in [3.63, 3.8) is 0 Å². The summed E-state index contributed by atoms with van der Waals surface area (Å²) < 4.78 is 13.8. The van der Waals surface area contributed by atoms with E-state index in [0.717, 1.165) is 19.3 Å². The Bertz CT molecular complexity index is 446. The van der Waals surface area contributed by atoms with Gasteiger partial charge in [-0.2, -0.15) is 0 Å². The van der Waals surface area contributed by atoms with Crippen LogP contribution in [0.15, 0.2) is 24.3 Å². The number of benzene rings is 1. The van der Waals surface area contributed by atoms with Gasteiger partial charge < -0.3 is 5.32 Å². The first-order valence-corrected chi connectivity index (χ1v) is 6.92. The fraction of sp³-hybridized carbons (Fsp3) is 0.533. The monoisotopic (exact) mass is 264 g/mol. The number of hydrogen-bond donors (Lipinski definition) is 2. The highest BCUT2D eigenvalue weighted by atomic mass is 19.1. The van der Waals surface area contributed by atoms with E-state index in [2.05, 4.69) is 10.6 Å². The zero-order valence-electron chi connectivity index (χ0n) is 11.4. The van der Waals surface area contributed by atoms with Crippen molar-refractivity contribution in [3.05, 3.63) is 35.6 Å². The number of carbonyl (C=O) groups excluding carboxylic acids is 1. The van der Waals surface area contributed by atoms with Crippen molar-refractivity contribution in [3.8, 4) is 0 Å². The summed E-state index contributed by atoms with van der Waals surface area (Å²) in [7, 11) is 0. The van der Waals surface area contributed by atoms with Gasteiger partial charge in [0, 0.05) is 17.6 Å². The molecule has 3 nitrogen and oxygen atoms in total. The molecule has 0 spiro atoms. The quantitative estimate of drug-likeness (QED) is 0.829. The van der Waals surface area contributed by atoms with E-state index in [1.165, 1.54) is 6.07 Å². The molecule has 1 saturated carbocycles. The van der Waals surface area contributed by atoms with Gasteiger partial charge in [-0.25, -0.2) is 4.39 Å². The second-order valence-corrected chi connectivity index (χ2v) is 5.15. The standard InChI is InChI=1S/C15H21FN2O/c1-3-14(12-6-4-5-7-13(12)16)17-10(2)15(19)18-11-8-9-11/h4-7,10-11,14,17H,3,8-9H2,1-2H3,(H,18,19). The SMILES string of the molecule is CCC(NC(C)C(=O)NC1CC1)c1ccccc1F. The van der Waals surface area contributed by atoms with Crippen molar-refractivity contribution in [2.45, 2.75) is 51.2 Å². The van der Waals surface area contributed by atoms with Gasteiger partial charge in [0.1, 0.15) is 5.82 Å². The van der Waals surface area contributed by atoms with Gasteiger partial charge in [0.2, 0.25) is 5.91 Å². The van der Waals surface area contributed by atoms with E-state index >= 15 is 0 Å². The lowest BCUT2D eigenvalue weighted by Gasteiger charge is -2.22. The summed E-state index contributed by atoms with van der Waals surface area (Å²) in [4.78, 5) is 11.9. The van der Waals surface area contributed by atoms with Crippen LogP contribution in [0.5, 0.6) is 0 Å². The Morgan fingerprint density at radius 3 is 2.68 bits per heavy atom. The topological polar surface area (TPSA) is 41.1 Å². The van der Waals surface area contributed by atoms with Crippen LogP contribution in [0, 0.1) is 5.82 Å². The number of halogens is 1. The first-order valence-electron chi connectivity index (χ1n) is 6.92. The van der Waals surface area contributed by atoms with Crippen LogP contribution in [-0.4, -0.2) is 18.0 Å². The van der Waals surface area contributed by atoms with Gasteiger partial charge in [-0.15, -0.1) is 0 Å². The number of hydrogen-bond acceptors (Lipinski definition) is 2. The zero-order chi connectivity index (χ0) is 13.8. The molecule has 0 aromatic heterocycles. The van der Waals surface area contributed by atoms with E-state index in [0.29, 0.717) is 11.6 Å². The van der Waals surface area contributed by atoms with Crippen LogP contribution < -0.4 is 10.6 Å². The molecule has 2 atom stereocenters. The molecule has 104 valence electrons. The molecule has 0 radical (unpaired) electrons. The van der Waals surface area contributed by atoms with E-state index in [-0.39, 0.29) is 23.8 Å². The molecular formula is C15H21FN2O. The second kappa shape index (κ2) is 6.15. The maximum Gasteiger partial charge on any atom is 0.237 e. The van der Waals surface area contributed by atoms with E-state index in [1.807, 2.05) is 19.9 Å². The fourth-order valence-corrected chi connectivity index (χ4v) is 2.12. The van der Waals surface area contributed by atoms with Crippen molar-refractivity contribution < 1.29 is 9.18 Å². The summed E-state index contributed by atoms with van der Waals surface area (Å²) in [6, 6.07) is 6.61. The predicted octanol–water partition coefficient (Wildman–Crippen LogP) is 2.53. The second-order valence-electron chi connectivity index (χ2n) is 5.15. The molecule has 19 heavy (non-hydrogen) atoms. The Kier molecular flexibility index (Phi) is 4.53. The minimum atomic E-state index is -0.315. The molecule has 2 N–H and O–H groups in total.